The Balaban J connectivity index is 1.87. The minimum absolute atomic E-state index is 0.426. The fraction of sp³-hybridized carbons (Fsp3) is 0.375. The second-order valence-corrected chi connectivity index (χ2v) is 6.15. The van der Waals surface area contributed by atoms with Gasteiger partial charge in [0.25, 0.3) is 0 Å². The van der Waals surface area contributed by atoms with Crippen LogP contribution in [0, 0.1) is 5.92 Å². The molecule has 4 heteroatoms. The summed E-state index contributed by atoms with van der Waals surface area (Å²) in [7, 11) is 1.96. The highest BCUT2D eigenvalue weighted by Crippen LogP contribution is 2.36. The zero-order chi connectivity index (χ0) is 13.9. The first-order valence-electron chi connectivity index (χ1n) is 6.88. The third-order valence-corrected chi connectivity index (χ3v) is 4.34. The molecule has 0 saturated carbocycles. The average molecular weight is 289 g/mol. The quantitative estimate of drug-likeness (QED) is 0.937. The van der Waals surface area contributed by atoms with Gasteiger partial charge in [0, 0.05) is 17.3 Å². The summed E-state index contributed by atoms with van der Waals surface area (Å²) < 4.78 is 11.6. The summed E-state index contributed by atoms with van der Waals surface area (Å²) in [5, 5.41) is 5.37. The van der Waals surface area contributed by atoms with Crippen LogP contribution < -0.4 is 14.8 Å². The van der Waals surface area contributed by atoms with E-state index in [0.717, 1.165) is 24.7 Å². The molecule has 1 aliphatic heterocycles. The first-order valence-corrected chi connectivity index (χ1v) is 7.76. The van der Waals surface area contributed by atoms with Gasteiger partial charge in [-0.25, -0.2) is 0 Å². The van der Waals surface area contributed by atoms with Crippen LogP contribution >= 0.6 is 11.3 Å². The molecule has 2 aromatic rings. The average Bonchev–Trinajstić information content (AvgIpc) is 2.84. The van der Waals surface area contributed by atoms with E-state index < -0.39 is 0 Å². The first kappa shape index (κ1) is 13.5. The minimum atomic E-state index is 0.426. The second kappa shape index (κ2) is 5.85. The lowest BCUT2D eigenvalue weighted by Gasteiger charge is -2.08. The lowest BCUT2D eigenvalue weighted by Crippen LogP contribution is -2.12. The lowest BCUT2D eigenvalue weighted by atomic mass is 10.1. The Morgan fingerprint density at radius 1 is 1.20 bits per heavy atom. The molecular weight excluding hydrogens is 270 g/mol. The van der Waals surface area contributed by atoms with Gasteiger partial charge in [0.15, 0.2) is 11.5 Å². The highest BCUT2D eigenvalue weighted by atomic mass is 32.1. The molecule has 106 valence electrons. The maximum Gasteiger partial charge on any atom is 0.161 e. The van der Waals surface area contributed by atoms with Gasteiger partial charge in [0.05, 0.1) is 13.2 Å². The highest BCUT2D eigenvalue weighted by molar-refractivity contribution is 7.13. The molecule has 3 rings (SSSR count). The minimum Gasteiger partial charge on any atom is -0.489 e. The summed E-state index contributed by atoms with van der Waals surface area (Å²) in [5.41, 5.74) is 2.50. The summed E-state index contributed by atoms with van der Waals surface area (Å²) in [4.78, 5) is 1.26. The van der Waals surface area contributed by atoms with Gasteiger partial charge in [-0.1, -0.05) is 6.92 Å². The van der Waals surface area contributed by atoms with Crippen molar-refractivity contribution in [2.45, 2.75) is 13.5 Å². The number of ether oxygens (including phenoxy) is 2. The molecule has 0 saturated heterocycles. The molecule has 1 unspecified atom stereocenters. The lowest BCUT2D eigenvalue weighted by molar-refractivity contribution is 0.228. The largest absolute Gasteiger partial charge is 0.489 e. The van der Waals surface area contributed by atoms with Crippen molar-refractivity contribution in [1.82, 2.24) is 5.32 Å². The molecule has 0 bridgehead atoms. The number of hydrogen-bond donors (Lipinski definition) is 1. The zero-order valence-electron chi connectivity index (χ0n) is 11.8. The van der Waals surface area contributed by atoms with E-state index in [1.807, 2.05) is 13.1 Å². The van der Waals surface area contributed by atoms with Crippen molar-refractivity contribution < 1.29 is 9.47 Å². The van der Waals surface area contributed by atoms with Crippen molar-refractivity contribution >= 4 is 11.3 Å². The predicted octanol–water partition coefficient (Wildman–Crippen LogP) is 3.54. The van der Waals surface area contributed by atoms with Crippen molar-refractivity contribution in [3.05, 3.63) is 35.2 Å². The van der Waals surface area contributed by atoms with Gasteiger partial charge in [-0.05, 0) is 47.8 Å². The van der Waals surface area contributed by atoms with Crippen LogP contribution in [0.4, 0.5) is 0 Å². The van der Waals surface area contributed by atoms with E-state index in [2.05, 4.69) is 35.8 Å². The third-order valence-electron chi connectivity index (χ3n) is 3.31. The number of thiophene rings is 1. The number of hydrogen-bond acceptors (Lipinski definition) is 4. The standard InChI is InChI=1S/C16H19NO2S/c1-11-8-18-14-4-3-13(6-15(14)19-9-11)16-5-12(7-17-2)10-20-16/h3-6,10-11,17H,7-9H2,1-2H3. The van der Waals surface area contributed by atoms with Gasteiger partial charge in [0.2, 0.25) is 0 Å². The van der Waals surface area contributed by atoms with Crippen molar-refractivity contribution in [3.8, 4) is 21.9 Å². The Labute approximate surface area is 123 Å². The van der Waals surface area contributed by atoms with E-state index in [-0.39, 0.29) is 0 Å². The van der Waals surface area contributed by atoms with Gasteiger partial charge in [-0.15, -0.1) is 11.3 Å². The Bertz CT molecular complexity index is 594. The molecular formula is C16H19NO2S. The Hall–Kier alpha value is -1.52. The normalized spacial score (nSPS) is 17.8. The highest BCUT2D eigenvalue weighted by Gasteiger charge is 2.16. The van der Waals surface area contributed by atoms with Crippen molar-refractivity contribution in [1.29, 1.82) is 0 Å². The van der Waals surface area contributed by atoms with Gasteiger partial charge in [0.1, 0.15) is 0 Å². The zero-order valence-corrected chi connectivity index (χ0v) is 12.6. The number of rotatable bonds is 3. The fourth-order valence-electron chi connectivity index (χ4n) is 2.23. The van der Waals surface area contributed by atoms with Crippen LogP contribution in [0.3, 0.4) is 0 Å². The number of nitrogens with one attached hydrogen (secondary N) is 1. The molecule has 1 atom stereocenters. The van der Waals surface area contributed by atoms with Crippen LogP contribution in [0.1, 0.15) is 12.5 Å². The molecule has 1 aromatic carbocycles. The summed E-state index contributed by atoms with van der Waals surface area (Å²) in [6, 6.07) is 8.43. The molecule has 1 N–H and O–H groups in total. The van der Waals surface area contributed by atoms with E-state index in [9.17, 15) is 0 Å². The molecule has 20 heavy (non-hydrogen) atoms. The summed E-state index contributed by atoms with van der Waals surface area (Å²) in [6.45, 7) is 4.47. The Kier molecular flexibility index (Phi) is 3.94. The Morgan fingerprint density at radius 3 is 2.80 bits per heavy atom. The fourth-order valence-corrected chi connectivity index (χ4v) is 3.14. The topological polar surface area (TPSA) is 30.5 Å². The smallest absolute Gasteiger partial charge is 0.161 e. The van der Waals surface area contributed by atoms with E-state index in [1.165, 1.54) is 16.0 Å². The molecule has 0 spiro atoms. The molecule has 0 aliphatic carbocycles. The maximum absolute atomic E-state index is 5.84. The first-order chi connectivity index (χ1) is 9.76. The van der Waals surface area contributed by atoms with Gasteiger partial charge in [-0.3, -0.25) is 0 Å². The van der Waals surface area contributed by atoms with Crippen molar-refractivity contribution in [2.24, 2.45) is 5.92 Å². The molecule has 1 aliphatic rings. The second-order valence-electron chi connectivity index (χ2n) is 5.24. The molecule has 2 heterocycles. The van der Waals surface area contributed by atoms with E-state index in [1.54, 1.807) is 11.3 Å². The van der Waals surface area contributed by atoms with Crippen LogP contribution in [-0.2, 0) is 6.54 Å². The molecule has 0 radical (unpaired) electrons. The molecule has 3 nitrogen and oxygen atoms in total. The van der Waals surface area contributed by atoms with Crippen molar-refractivity contribution in [3.63, 3.8) is 0 Å². The van der Waals surface area contributed by atoms with Gasteiger partial charge >= 0.3 is 0 Å². The van der Waals surface area contributed by atoms with Crippen LogP contribution in [0.15, 0.2) is 29.6 Å². The monoisotopic (exact) mass is 289 g/mol. The van der Waals surface area contributed by atoms with Crippen LogP contribution in [0.2, 0.25) is 0 Å². The third kappa shape index (κ3) is 2.81. The van der Waals surface area contributed by atoms with E-state index >= 15 is 0 Å². The van der Waals surface area contributed by atoms with Crippen LogP contribution in [-0.4, -0.2) is 20.3 Å². The SMILES string of the molecule is CNCc1csc(-c2ccc3c(c2)OCC(C)CO3)c1. The molecule has 0 fully saturated rings. The van der Waals surface area contributed by atoms with E-state index in [0.29, 0.717) is 12.5 Å². The van der Waals surface area contributed by atoms with Gasteiger partial charge in [-0.2, -0.15) is 0 Å². The summed E-state index contributed by atoms with van der Waals surface area (Å²) in [5.74, 6) is 2.13. The van der Waals surface area contributed by atoms with Crippen LogP contribution in [0.25, 0.3) is 10.4 Å². The molecule has 0 amide bonds. The maximum atomic E-state index is 5.84. The Morgan fingerprint density at radius 2 is 2.00 bits per heavy atom. The van der Waals surface area contributed by atoms with Gasteiger partial charge < -0.3 is 14.8 Å². The number of fused-ring (bicyclic) bond motifs is 1. The van der Waals surface area contributed by atoms with Crippen molar-refractivity contribution in [2.75, 3.05) is 20.3 Å². The predicted molar refractivity (Wildman–Crippen MR) is 82.7 cm³/mol. The summed E-state index contributed by atoms with van der Waals surface area (Å²) >= 11 is 1.76. The molecule has 1 aromatic heterocycles. The van der Waals surface area contributed by atoms with Crippen LogP contribution in [0.5, 0.6) is 11.5 Å². The number of benzene rings is 1. The van der Waals surface area contributed by atoms with E-state index in [4.69, 9.17) is 9.47 Å². The summed E-state index contributed by atoms with van der Waals surface area (Å²) in [6.07, 6.45) is 0.